The summed E-state index contributed by atoms with van der Waals surface area (Å²) in [6.45, 7) is 3.15. The third-order valence-electron chi connectivity index (χ3n) is 4.93. The SMILES string of the molecule is O=C(NCCCCCCSc1ccnc2cc(C(F)(F)F)ccc12)N1CCOCC1. The maximum Gasteiger partial charge on any atom is 0.416 e. The number of ether oxygens (including phenoxy) is 1. The maximum atomic E-state index is 12.9. The number of morpholine rings is 1. The van der Waals surface area contributed by atoms with Crippen LogP contribution in [-0.2, 0) is 10.9 Å². The van der Waals surface area contributed by atoms with Gasteiger partial charge in [0, 0.05) is 36.1 Å². The molecule has 2 heterocycles. The smallest absolute Gasteiger partial charge is 0.378 e. The summed E-state index contributed by atoms with van der Waals surface area (Å²) in [5, 5.41) is 3.69. The van der Waals surface area contributed by atoms with Crippen molar-refractivity contribution in [1.82, 2.24) is 15.2 Å². The standard InChI is InChI=1S/C21H26F3N3O2S/c22-21(23,24)16-5-6-17-18(15-16)25-9-7-19(17)30-14-4-2-1-3-8-26-20(28)27-10-12-29-13-11-27/h5-7,9,15H,1-4,8,10-14H2,(H,26,28). The van der Waals surface area contributed by atoms with Gasteiger partial charge < -0.3 is 15.0 Å². The minimum atomic E-state index is -4.36. The van der Waals surface area contributed by atoms with E-state index in [2.05, 4.69) is 10.3 Å². The van der Waals surface area contributed by atoms with Crippen LogP contribution in [0.3, 0.4) is 0 Å². The summed E-state index contributed by atoms with van der Waals surface area (Å²) in [5.74, 6) is 0.889. The predicted octanol–water partition coefficient (Wildman–Crippen LogP) is 4.95. The molecule has 1 fully saturated rings. The Morgan fingerprint density at radius 2 is 1.90 bits per heavy atom. The highest BCUT2D eigenvalue weighted by molar-refractivity contribution is 7.99. The maximum absolute atomic E-state index is 12.9. The molecule has 1 aliphatic rings. The van der Waals surface area contributed by atoms with E-state index in [0.29, 0.717) is 38.4 Å². The summed E-state index contributed by atoms with van der Waals surface area (Å²) in [6.07, 6.45) is 1.20. The molecule has 1 aromatic carbocycles. The van der Waals surface area contributed by atoms with Crippen LogP contribution in [0.2, 0.25) is 0 Å². The summed E-state index contributed by atoms with van der Waals surface area (Å²) in [5.41, 5.74) is -0.309. The number of urea groups is 1. The number of rotatable bonds is 8. The van der Waals surface area contributed by atoms with Gasteiger partial charge in [0.05, 0.1) is 24.3 Å². The number of benzene rings is 1. The monoisotopic (exact) mass is 441 g/mol. The Balaban J connectivity index is 1.34. The van der Waals surface area contributed by atoms with E-state index >= 15 is 0 Å². The Kier molecular flexibility index (Phi) is 8.21. The van der Waals surface area contributed by atoms with Crippen LogP contribution in [0.15, 0.2) is 35.4 Å². The molecule has 3 rings (SSSR count). The van der Waals surface area contributed by atoms with Gasteiger partial charge in [0.15, 0.2) is 0 Å². The van der Waals surface area contributed by atoms with Crippen molar-refractivity contribution in [1.29, 1.82) is 0 Å². The van der Waals surface area contributed by atoms with E-state index in [1.54, 1.807) is 22.9 Å². The summed E-state index contributed by atoms with van der Waals surface area (Å²) in [7, 11) is 0. The van der Waals surface area contributed by atoms with E-state index in [9.17, 15) is 18.0 Å². The third kappa shape index (κ3) is 6.50. The number of alkyl halides is 3. The lowest BCUT2D eigenvalue weighted by Gasteiger charge is -2.26. The van der Waals surface area contributed by atoms with Gasteiger partial charge >= 0.3 is 12.2 Å². The zero-order chi connectivity index (χ0) is 21.4. The third-order valence-corrected chi connectivity index (χ3v) is 6.09. The molecule has 0 atom stereocenters. The number of aromatic nitrogens is 1. The van der Waals surface area contributed by atoms with Gasteiger partial charge in [-0.25, -0.2) is 4.79 Å². The number of pyridine rings is 1. The molecule has 0 spiro atoms. The van der Waals surface area contributed by atoms with Crippen LogP contribution in [0, 0.1) is 0 Å². The molecule has 9 heteroatoms. The second kappa shape index (κ2) is 10.9. The van der Waals surface area contributed by atoms with Crippen LogP contribution in [0.4, 0.5) is 18.0 Å². The lowest BCUT2D eigenvalue weighted by atomic mass is 10.1. The number of carbonyl (C=O) groups excluding carboxylic acids is 1. The van der Waals surface area contributed by atoms with Crippen molar-refractivity contribution in [3.63, 3.8) is 0 Å². The summed E-state index contributed by atoms with van der Waals surface area (Å²) < 4.78 is 43.8. The van der Waals surface area contributed by atoms with Crippen molar-refractivity contribution in [3.8, 4) is 0 Å². The molecule has 2 aromatic rings. The van der Waals surface area contributed by atoms with E-state index in [0.717, 1.165) is 53.9 Å². The van der Waals surface area contributed by atoms with Gasteiger partial charge in [-0.2, -0.15) is 13.2 Å². The van der Waals surface area contributed by atoms with Gasteiger partial charge in [-0.1, -0.05) is 18.9 Å². The van der Waals surface area contributed by atoms with Crippen molar-refractivity contribution >= 4 is 28.7 Å². The van der Waals surface area contributed by atoms with Crippen LogP contribution in [0.5, 0.6) is 0 Å². The molecule has 0 saturated carbocycles. The quantitative estimate of drug-likeness (QED) is 0.465. The number of fused-ring (bicyclic) bond motifs is 1. The number of nitrogens with zero attached hydrogens (tertiary/aromatic N) is 2. The Morgan fingerprint density at radius 1 is 1.13 bits per heavy atom. The van der Waals surface area contributed by atoms with E-state index in [1.165, 1.54) is 6.07 Å². The molecule has 0 radical (unpaired) electrons. The average molecular weight is 442 g/mol. The number of hydrogen-bond acceptors (Lipinski definition) is 4. The van der Waals surface area contributed by atoms with Crippen LogP contribution in [0.25, 0.3) is 10.9 Å². The van der Waals surface area contributed by atoms with Crippen LogP contribution >= 0.6 is 11.8 Å². The number of thioether (sulfide) groups is 1. The highest BCUT2D eigenvalue weighted by Gasteiger charge is 2.30. The minimum Gasteiger partial charge on any atom is -0.378 e. The Morgan fingerprint density at radius 3 is 2.67 bits per heavy atom. The minimum absolute atomic E-state index is 0.0212. The fourth-order valence-electron chi connectivity index (χ4n) is 3.26. The molecule has 1 aromatic heterocycles. The second-order valence-corrected chi connectivity index (χ2v) is 8.27. The zero-order valence-corrected chi connectivity index (χ0v) is 17.5. The van der Waals surface area contributed by atoms with Gasteiger partial charge in [-0.3, -0.25) is 4.98 Å². The summed E-state index contributed by atoms with van der Waals surface area (Å²) in [4.78, 5) is 18.8. The molecule has 30 heavy (non-hydrogen) atoms. The van der Waals surface area contributed by atoms with Gasteiger partial charge in [-0.15, -0.1) is 11.8 Å². The first-order valence-electron chi connectivity index (χ1n) is 10.1. The number of amides is 2. The zero-order valence-electron chi connectivity index (χ0n) is 16.7. The van der Waals surface area contributed by atoms with E-state index in [4.69, 9.17) is 4.74 Å². The molecule has 1 saturated heterocycles. The van der Waals surface area contributed by atoms with Gasteiger partial charge in [0.2, 0.25) is 0 Å². The van der Waals surface area contributed by atoms with E-state index in [1.807, 2.05) is 6.07 Å². The first kappa shape index (κ1) is 22.7. The van der Waals surface area contributed by atoms with Crippen LogP contribution in [0.1, 0.15) is 31.2 Å². The van der Waals surface area contributed by atoms with E-state index < -0.39 is 11.7 Å². The van der Waals surface area contributed by atoms with Gasteiger partial charge in [-0.05, 0) is 36.8 Å². The van der Waals surface area contributed by atoms with Gasteiger partial charge in [0.25, 0.3) is 0 Å². The van der Waals surface area contributed by atoms with E-state index in [-0.39, 0.29) is 6.03 Å². The van der Waals surface area contributed by atoms with Crippen molar-refractivity contribution in [3.05, 3.63) is 36.0 Å². The number of nitrogens with one attached hydrogen (secondary N) is 1. The first-order valence-corrected chi connectivity index (χ1v) is 11.1. The fourth-order valence-corrected chi connectivity index (χ4v) is 4.31. The largest absolute Gasteiger partial charge is 0.416 e. The Labute approximate surface area is 178 Å². The number of hydrogen-bond donors (Lipinski definition) is 1. The summed E-state index contributed by atoms with van der Waals surface area (Å²) >= 11 is 1.64. The Hall–Kier alpha value is -2.00. The molecule has 2 amide bonds. The van der Waals surface area contributed by atoms with Crippen molar-refractivity contribution in [2.24, 2.45) is 0 Å². The molecular weight excluding hydrogens is 415 g/mol. The molecule has 0 aliphatic carbocycles. The van der Waals surface area contributed by atoms with Crippen molar-refractivity contribution in [2.45, 2.75) is 36.8 Å². The predicted molar refractivity (Wildman–Crippen MR) is 112 cm³/mol. The Bertz CT molecular complexity index is 842. The topological polar surface area (TPSA) is 54.5 Å². The first-order chi connectivity index (χ1) is 14.4. The molecule has 0 bridgehead atoms. The van der Waals surface area contributed by atoms with Crippen LogP contribution in [-0.4, -0.2) is 54.5 Å². The second-order valence-electron chi connectivity index (χ2n) is 7.13. The molecule has 164 valence electrons. The van der Waals surface area contributed by atoms with Crippen molar-refractivity contribution in [2.75, 3.05) is 38.6 Å². The number of carbonyl (C=O) groups is 1. The fraction of sp³-hybridized carbons (Fsp3) is 0.524. The molecule has 1 aliphatic heterocycles. The lowest BCUT2D eigenvalue weighted by Crippen LogP contribution is -2.46. The number of unbranched alkanes of at least 4 members (excludes halogenated alkanes) is 3. The lowest BCUT2D eigenvalue weighted by molar-refractivity contribution is -0.137. The van der Waals surface area contributed by atoms with Crippen molar-refractivity contribution < 1.29 is 22.7 Å². The highest BCUT2D eigenvalue weighted by Crippen LogP contribution is 2.33. The summed E-state index contributed by atoms with van der Waals surface area (Å²) in [6, 6.07) is 5.54. The average Bonchev–Trinajstić information content (AvgIpc) is 2.75. The molecular formula is C21H26F3N3O2S. The van der Waals surface area contributed by atoms with Gasteiger partial charge in [0.1, 0.15) is 0 Å². The van der Waals surface area contributed by atoms with Crippen LogP contribution < -0.4 is 5.32 Å². The normalized spacial score (nSPS) is 14.8. The highest BCUT2D eigenvalue weighted by atomic mass is 32.2. The molecule has 5 nitrogen and oxygen atoms in total. The number of halogens is 3. The molecule has 0 unspecified atom stereocenters. The molecule has 1 N–H and O–H groups in total.